The number of nitrogens with two attached hydrogens (primary N) is 1. The fourth-order valence-electron chi connectivity index (χ4n) is 1.76. The molecule has 0 aliphatic carbocycles. The summed E-state index contributed by atoms with van der Waals surface area (Å²) >= 11 is 1.50. The number of hydrogen-bond acceptors (Lipinski definition) is 4. The molecule has 2 aromatic carbocycles. The van der Waals surface area contributed by atoms with Gasteiger partial charge in [-0.1, -0.05) is 0 Å². The molecule has 0 fully saturated rings. The van der Waals surface area contributed by atoms with Crippen LogP contribution in [0.3, 0.4) is 0 Å². The van der Waals surface area contributed by atoms with Crippen LogP contribution in [0.15, 0.2) is 41.3 Å². The van der Waals surface area contributed by atoms with Crippen molar-refractivity contribution in [3.05, 3.63) is 53.3 Å². The van der Waals surface area contributed by atoms with E-state index < -0.39 is 5.82 Å². The number of nitrogen functional groups attached to an aromatic ring is 1. The van der Waals surface area contributed by atoms with Crippen LogP contribution in [0.25, 0.3) is 0 Å². The Kier molecular flexibility index (Phi) is 4.49. The summed E-state index contributed by atoms with van der Waals surface area (Å²) in [5.41, 5.74) is 7.40. The van der Waals surface area contributed by atoms with Gasteiger partial charge in [-0.2, -0.15) is 5.26 Å². The number of hydrogen-bond donors (Lipinski definition) is 1. The normalized spacial score (nSPS) is 10.1. The summed E-state index contributed by atoms with van der Waals surface area (Å²) in [5, 5.41) is 8.83. The number of rotatable bonds is 4. The fraction of sp³-hybridized carbons (Fsp3) is 0.133. The lowest BCUT2D eigenvalue weighted by Gasteiger charge is -2.09. The third-order valence-electron chi connectivity index (χ3n) is 2.67. The average molecular weight is 288 g/mol. The number of nitriles is 1. The quantitative estimate of drug-likeness (QED) is 0.690. The lowest BCUT2D eigenvalue weighted by Crippen LogP contribution is -1.91. The van der Waals surface area contributed by atoms with E-state index in [-0.39, 0.29) is 0 Å². The van der Waals surface area contributed by atoms with Crippen molar-refractivity contribution < 1.29 is 9.13 Å². The average Bonchev–Trinajstić information content (AvgIpc) is 2.45. The SMILES string of the molecule is COc1cc(N)ccc1SCc1cc(F)cc(C#N)c1. The number of benzene rings is 2. The molecule has 20 heavy (non-hydrogen) atoms. The lowest BCUT2D eigenvalue weighted by atomic mass is 10.1. The Hall–Kier alpha value is -2.19. The van der Waals surface area contributed by atoms with Gasteiger partial charge in [-0.15, -0.1) is 11.8 Å². The van der Waals surface area contributed by atoms with Gasteiger partial charge in [0.2, 0.25) is 0 Å². The van der Waals surface area contributed by atoms with Crippen molar-refractivity contribution in [1.29, 1.82) is 5.26 Å². The molecule has 5 heteroatoms. The Morgan fingerprint density at radius 3 is 2.80 bits per heavy atom. The van der Waals surface area contributed by atoms with Crippen molar-refractivity contribution in [3.63, 3.8) is 0 Å². The second-order valence-electron chi connectivity index (χ2n) is 4.16. The largest absolute Gasteiger partial charge is 0.496 e. The molecule has 2 rings (SSSR count). The molecule has 2 aromatic rings. The maximum absolute atomic E-state index is 13.3. The Labute approximate surface area is 121 Å². The van der Waals surface area contributed by atoms with Gasteiger partial charge in [0.1, 0.15) is 11.6 Å². The minimum atomic E-state index is -0.399. The van der Waals surface area contributed by atoms with Crippen LogP contribution >= 0.6 is 11.8 Å². The van der Waals surface area contributed by atoms with Crippen molar-refractivity contribution in [2.24, 2.45) is 0 Å². The van der Waals surface area contributed by atoms with Gasteiger partial charge in [0.25, 0.3) is 0 Å². The first-order chi connectivity index (χ1) is 9.62. The van der Waals surface area contributed by atoms with E-state index in [9.17, 15) is 4.39 Å². The third kappa shape index (κ3) is 3.43. The van der Waals surface area contributed by atoms with Gasteiger partial charge in [0.05, 0.1) is 18.7 Å². The molecule has 0 atom stereocenters. The predicted octanol–water partition coefficient (Wildman–Crippen LogP) is 3.58. The maximum Gasteiger partial charge on any atom is 0.134 e. The van der Waals surface area contributed by atoms with Gasteiger partial charge < -0.3 is 10.5 Å². The molecule has 0 bridgehead atoms. The number of halogens is 1. The van der Waals surface area contributed by atoms with Crippen LogP contribution in [0.4, 0.5) is 10.1 Å². The molecule has 0 saturated heterocycles. The van der Waals surface area contributed by atoms with E-state index in [4.69, 9.17) is 15.7 Å². The number of thioether (sulfide) groups is 1. The Bertz CT molecular complexity index is 667. The smallest absolute Gasteiger partial charge is 0.134 e. The zero-order valence-corrected chi connectivity index (χ0v) is 11.7. The highest BCUT2D eigenvalue weighted by molar-refractivity contribution is 7.98. The van der Waals surface area contributed by atoms with E-state index >= 15 is 0 Å². The van der Waals surface area contributed by atoms with E-state index in [2.05, 4.69) is 0 Å². The molecule has 0 amide bonds. The number of anilines is 1. The molecule has 0 unspecified atom stereocenters. The van der Waals surface area contributed by atoms with Crippen LogP contribution in [0.2, 0.25) is 0 Å². The highest BCUT2D eigenvalue weighted by Crippen LogP contribution is 2.33. The molecule has 0 saturated carbocycles. The summed E-state index contributed by atoms with van der Waals surface area (Å²) in [6.07, 6.45) is 0. The van der Waals surface area contributed by atoms with Crippen molar-refractivity contribution in [1.82, 2.24) is 0 Å². The van der Waals surface area contributed by atoms with Crippen molar-refractivity contribution in [3.8, 4) is 11.8 Å². The molecular weight excluding hydrogens is 275 g/mol. The number of methoxy groups -OCH3 is 1. The minimum absolute atomic E-state index is 0.324. The monoisotopic (exact) mass is 288 g/mol. The topological polar surface area (TPSA) is 59.0 Å². The van der Waals surface area contributed by atoms with E-state index in [1.807, 2.05) is 12.1 Å². The summed E-state index contributed by atoms with van der Waals surface area (Å²) in [7, 11) is 1.58. The first kappa shape index (κ1) is 14.2. The van der Waals surface area contributed by atoms with Crippen molar-refractivity contribution in [2.45, 2.75) is 10.6 Å². The highest BCUT2D eigenvalue weighted by Gasteiger charge is 2.06. The fourth-order valence-corrected chi connectivity index (χ4v) is 2.70. The van der Waals surface area contributed by atoms with E-state index in [0.717, 1.165) is 10.5 Å². The molecule has 102 valence electrons. The van der Waals surface area contributed by atoms with Crippen molar-refractivity contribution >= 4 is 17.4 Å². The van der Waals surface area contributed by atoms with Crippen molar-refractivity contribution in [2.75, 3.05) is 12.8 Å². The van der Waals surface area contributed by atoms with Gasteiger partial charge in [-0.05, 0) is 35.9 Å². The summed E-state index contributed by atoms with van der Waals surface area (Å²) in [6.45, 7) is 0. The van der Waals surface area contributed by atoms with Crippen LogP contribution in [0.1, 0.15) is 11.1 Å². The summed E-state index contributed by atoms with van der Waals surface area (Å²) < 4.78 is 18.6. The van der Waals surface area contributed by atoms with Crippen LogP contribution < -0.4 is 10.5 Å². The van der Waals surface area contributed by atoms with Crippen LogP contribution in [0, 0.1) is 17.1 Å². The highest BCUT2D eigenvalue weighted by atomic mass is 32.2. The van der Waals surface area contributed by atoms with E-state index in [0.29, 0.717) is 22.8 Å². The zero-order valence-electron chi connectivity index (χ0n) is 10.9. The minimum Gasteiger partial charge on any atom is -0.496 e. The molecule has 0 aromatic heterocycles. The van der Waals surface area contributed by atoms with Gasteiger partial charge in [0.15, 0.2) is 0 Å². The summed E-state index contributed by atoms with van der Waals surface area (Å²) in [5.74, 6) is 0.836. The first-order valence-electron chi connectivity index (χ1n) is 5.88. The van der Waals surface area contributed by atoms with E-state index in [1.54, 1.807) is 25.3 Å². The van der Waals surface area contributed by atoms with Gasteiger partial charge in [-0.25, -0.2) is 4.39 Å². The number of nitrogens with zero attached hydrogens (tertiary/aromatic N) is 1. The molecule has 3 nitrogen and oxygen atoms in total. The maximum atomic E-state index is 13.3. The molecular formula is C15H13FN2OS. The predicted molar refractivity (Wildman–Crippen MR) is 78.1 cm³/mol. The van der Waals surface area contributed by atoms with E-state index in [1.165, 1.54) is 23.9 Å². The van der Waals surface area contributed by atoms with Crippen LogP contribution in [0.5, 0.6) is 5.75 Å². The van der Waals surface area contributed by atoms with Gasteiger partial charge >= 0.3 is 0 Å². The standard InChI is InChI=1S/C15H13FN2OS/c1-19-14-7-13(18)2-3-15(14)20-9-11-4-10(8-17)5-12(16)6-11/h2-7H,9,18H2,1H3. The molecule has 0 radical (unpaired) electrons. The molecule has 0 aliphatic heterocycles. The first-order valence-corrected chi connectivity index (χ1v) is 6.87. The zero-order chi connectivity index (χ0) is 14.5. The van der Waals surface area contributed by atoms with Gasteiger partial charge in [-0.3, -0.25) is 0 Å². The molecule has 0 aliphatic rings. The summed E-state index contributed by atoms with van der Waals surface area (Å²) in [6, 6.07) is 11.7. The Balaban J connectivity index is 2.17. The van der Waals surface area contributed by atoms with Crippen LogP contribution in [-0.2, 0) is 5.75 Å². The Morgan fingerprint density at radius 2 is 2.10 bits per heavy atom. The second-order valence-corrected chi connectivity index (χ2v) is 5.18. The molecule has 0 spiro atoms. The third-order valence-corrected chi connectivity index (χ3v) is 3.79. The van der Waals surface area contributed by atoms with Crippen LogP contribution in [-0.4, -0.2) is 7.11 Å². The molecule has 0 heterocycles. The molecule has 2 N–H and O–H groups in total. The number of ether oxygens (including phenoxy) is 1. The summed E-state index contributed by atoms with van der Waals surface area (Å²) in [4.78, 5) is 0.921. The Morgan fingerprint density at radius 1 is 1.30 bits per heavy atom. The van der Waals surface area contributed by atoms with Gasteiger partial charge in [0, 0.05) is 22.4 Å². The lowest BCUT2D eigenvalue weighted by molar-refractivity contribution is 0.405. The second kappa shape index (κ2) is 6.31.